The molecule has 4 heteroatoms. The Kier molecular flexibility index (Phi) is 4.76. The van der Waals surface area contributed by atoms with Gasteiger partial charge in [-0.05, 0) is 59.3 Å². The lowest BCUT2D eigenvalue weighted by molar-refractivity contribution is 0.0735. The standard InChI is InChI=1S/C17H18BrNOS/c18-16-11-10-15(21-16)17(20)19-12-4-7-14(19)9-8-13-5-2-1-3-6-13/h1-3,5-6,10-11,14H,4,7-9,12H2. The molecular weight excluding hydrogens is 346 g/mol. The van der Waals surface area contributed by atoms with E-state index in [1.807, 2.05) is 18.2 Å². The molecule has 0 radical (unpaired) electrons. The predicted octanol–water partition coefficient (Wildman–Crippen LogP) is 4.75. The van der Waals surface area contributed by atoms with Crippen molar-refractivity contribution in [1.82, 2.24) is 4.90 Å². The van der Waals surface area contributed by atoms with Gasteiger partial charge in [-0.2, -0.15) is 0 Å². The molecule has 1 saturated heterocycles. The predicted molar refractivity (Wildman–Crippen MR) is 90.8 cm³/mol. The van der Waals surface area contributed by atoms with Gasteiger partial charge >= 0.3 is 0 Å². The zero-order valence-corrected chi connectivity index (χ0v) is 14.2. The molecule has 1 unspecified atom stereocenters. The lowest BCUT2D eigenvalue weighted by atomic mass is 10.0. The highest BCUT2D eigenvalue weighted by molar-refractivity contribution is 9.11. The summed E-state index contributed by atoms with van der Waals surface area (Å²) in [6.07, 6.45) is 4.36. The molecule has 1 amide bonds. The summed E-state index contributed by atoms with van der Waals surface area (Å²) in [6.45, 7) is 0.897. The second-order valence-electron chi connectivity index (χ2n) is 5.42. The van der Waals surface area contributed by atoms with E-state index >= 15 is 0 Å². The number of aryl methyl sites for hydroxylation is 1. The molecule has 1 aromatic heterocycles. The van der Waals surface area contributed by atoms with Crippen molar-refractivity contribution in [3.8, 4) is 0 Å². The minimum Gasteiger partial charge on any atom is -0.335 e. The summed E-state index contributed by atoms with van der Waals surface area (Å²) in [5.74, 6) is 0.196. The summed E-state index contributed by atoms with van der Waals surface area (Å²) in [7, 11) is 0. The highest BCUT2D eigenvalue weighted by atomic mass is 79.9. The quantitative estimate of drug-likeness (QED) is 0.767. The van der Waals surface area contributed by atoms with Crippen LogP contribution in [0.5, 0.6) is 0 Å². The number of likely N-dealkylation sites (tertiary alicyclic amines) is 1. The number of benzene rings is 1. The van der Waals surface area contributed by atoms with Crippen LogP contribution in [-0.2, 0) is 6.42 Å². The molecule has 21 heavy (non-hydrogen) atoms. The van der Waals surface area contributed by atoms with Crippen LogP contribution < -0.4 is 0 Å². The smallest absolute Gasteiger partial charge is 0.264 e. The molecule has 1 aromatic carbocycles. The molecule has 0 spiro atoms. The first-order chi connectivity index (χ1) is 10.2. The lowest BCUT2D eigenvalue weighted by Gasteiger charge is -2.24. The highest BCUT2D eigenvalue weighted by Gasteiger charge is 2.29. The van der Waals surface area contributed by atoms with E-state index in [4.69, 9.17) is 0 Å². The van der Waals surface area contributed by atoms with Crippen molar-refractivity contribution in [3.05, 3.63) is 56.7 Å². The van der Waals surface area contributed by atoms with Crippen LogP contribution in [0.15, 0.2) is 46.3 Å². The summed E-state index contributed by atoms with van der Waals surface area (Å²) in [5, 5.41) is 0. The van der Waals surface area contributed by atoms with Gasteiger partial charge in [0.2, 0.25) is 0 Å². The van der Waals surface area contributed by atoms with Gasteiger partial charge in [0.1, 0.15) is 0 Å². The number of carbonyl (C=O) groups is 1. The van der Waals surface area contributed by atoms with Gasteiger partial charge in [0.15, 0.2) is 0 Å². The van der Waals surface area contributed by atoms with Crippen molar-refractivity contribution in [1.29, 1.82) is 0 Å². The summed E-state index contributed by atoms with van der Waals surface area (Å²) in [6, 6.07) is 14.8. The maximum atomic E-state index is 12.6. The van der Waals surface area contributed by atoms with Gasteiger partial charge in [0, 0.05) is 12.6 Å². The fourth-order valence-corrected chi connectivity index (χ4v) is 4.29. The summed E-state index contributed by atoms with van der Waals surface area (Å²) < 4.78 is 1.02. The third kappa shape index (κ3) is 3.55. The van der Waals surface area contributed by atoms with Crippen LogP contribution >= 0.6 is 27.3 Å². The van der Waals surface area contributed by atoms with Crippen LogP contribution in [0.25, 0.3) is 0 Å². The van der Waals surface area contributed by atoms with Gasteiger partial charge in [0.25, 0.3) is 5.91 Å². The maximum absolute atomic E-state index is 12.6. The van der Waals surface area contributed by atoms with Gasteiger partial charge in [-0.15, -0.1) is 11.3 Å². The van der Waals surface area contributed by atoms with Crippen molar-refractivity contribution < 1.29 is 4.79 Å². The Hall–Kier alpha value is -1.13. The molecule has 3 rings (SSSR count). The summed E-state index contributed by atoms with van der Waals surface area (Å²) in [4.78, 5) is 15.5. The Balaban J connectivity index is 1.64. The monoisotopic (exact) mass is 363 g/mol. The fraction of sp³-hybridized carbons (Fsp3) is 0.353. The molecule has 1 atom stereocenters. The number of nitrogens with zero attached hydrogens (tertiary/aromatic N) is 1. The third-order valence-corrected chi connectivity index (χ3v) is 5.64. The number of halogens is 1. The maximum Gasteiger partial charge on any atom is 0.264 e. The lowest BCUT2D eigenvalue weighted by Crippen LogP contribution is -2.35. The Labute approximate surface area is 137 Å². The van der Waals surface area contributed by atoms with E-state index in [9.17, 15) is 4.79 Å². The first kappa shape index (κ1) is 14.8. The minimum atomic E-state index is 0.196. The number of carbonyl (C=O) groups excluding carboxylic acids is 1. The molecule has 2 heterocycles. The molecule has 110 valence electrons. The normalized spacial score (nSPS) is 18.1. The van der Waals surface area contributed by atoms with Crippen LogP contribution in [-0.4, -0.2) is 23.4 Å². The zero-order chi connectivity index (χ0) is 14.7. The van der Waals surface area contributed by atoms with E-state index in [-0.39, 0.29) is 5.91 Å². The Morgan fingerprint density at radius 3 is 2.76 bits per heavy atom. The SMILES string of the molecule is O=C(c1ccc(Br)s1)N1CCCC1CCc1ccccc1. The van der Waals surface area contributed by atoms with Crippen molar-refractivity contribution in [3.63, 3.8) is 0 Å². The Morgan fingerprint density at radius 1 is 1.24 bits per heavy atom. The van der Waals surface area contributed by atoms with E-state index in [0.29, 0.717) is 6.04 Å². The first-order valence-electron chi connectivity index (χ1n) is 7.34. The molecular formula is C17H18BrNOS. The van der Waals surface area contributed by atoms with Crippen molar-refractivity contribution in [2.45, 2.75) is 31.7 Å². The molecule has 2 aromatic rings. The highest BCUT2D eigenvalue weighted by Crippen LogP contribution is 2.28. The van der Waals surface area contributed by atoms with E-state index in [1.54, 1.807) is 0 Å². The van der Waals surface area contributed by atoms with Crippen LogP contribution in [0.4, 0.5) is 0 Å². The van der Waals surface area contributed by atoms with Gasteiger partial charge in [-0.1, -0.05) is 30.3 Å². The van der Waals surface area contributed by atoms with Crippen LogP contribution in [0.2, 0.25) is 0 Å². The van der Waals surface area contributed by atoms with Crippen LogP contribution in [0.3, 0.4) is 0 Å². The molecule has 1 aliphatic heterocycles. The molecule has 0 saturated carbocycles. The average Bonchev–Trinajstić information content (AvgIpc) is 3.14. The van der Waals surface area contributed by atoms with Crippen molar-refractivity contribution >= 4 is 33.2 Å². The largest absolute Gasteiger partial charge is 0.335 e. The molecule has 1 aliphatic rings. The molecule has 0 N–H and O–H groups in total. The Bertz CT molecular complexity index is 610. The minimum absolute atomic E-state index is 0.196. The molecule has 0 aliphatic carbocycles. The van der Waals surface area contributed by atoms with Gasteiger partial charge in [-0.25, -0.2) is 0 Å². The first-order valence-corrected chi connectivity index (χ1v) is 8.95. The van der Waals surface area contributed by atoms with E-state index in [0.717, 1.165) is 40.9 Å². The number of thiophene rings is 1. The average molecular weight is 364 g/mol. The Morgan fingerprint density at radius 2 is 2.05 bits per heavy atom. The molecule has 0 bridgehead atoms. The van der Waals surface area contributed by atoms with Crippen molar-refractivity contribution in [2.24, 2.45) is 0 Å². The summed E-state index contributed by atoms with van der Waals surface area (Å²) >= 11 is 4.96. The second kappa shape index (κ2) is 6.75. The number of rotatable bonds is 4. The third-order valence-electron chi connectivity index (χ3n) is 4.03. The fourth-order valence-electron chi connectivity index (χ4n) is 2.95. The van der Waals surface area contributed by atoms with E-state index in [2.05, 4.69) is 45.1 Å². The van der Waals surface area contributed by atoms with Gasteiger partial charge < -0.3 is 4.90 Å². The van der Waals surface area contributed by atoms with Gasteiger partial charge in [0.05, 0.1) is 8.66 Å². The summed E-state index contributed by atoms with van der Waals surface area (Å²) in [5.41, 5.74) is 1.36. The van der Waals surface area contributed by atoms with Crippen LogP contribution in [0, 0.1) is 0 Å². The second-order valence-corrected chi connectivity index (χ2v) is 7.89. The number of hydrogen-bond acceptors (Lipinski definition) is 2. The van der Waals surface area contributed by atoms with E-state index < -0.39 is 0 Å². The van der Waals surface area contributed by atoms with E-state index in [1.165, 1.54) is 16.9 Å². The van der Waals surface area contributed by atoms with Crippen LogP contribution in [0.1, 0.15) is 34.5 Å². The zero-order valence-electron chi connectivity index (χ0n) is 11.8. The van der Waals surface area contributed by atoms with Crippen molar-refractivity contribution in [2.75, 3.05) is 6.54 Å². The van der Waals surface area contributed by atoms with Gasteiger partial charge in [-0.3, -0.25) is 4.79 Å². The molecule has 2 nitrogen and oxygen atoms in total. The number of hydrogen-bond donors (Lipinski definition) is 0. The molecule has 1 fully saturated rings. The topological polar surface area (TPSA) is 20.3 Å². The number of amides is 1.